The highest BCUT2D eigenvalue weighted by atomic mass is 35.5. The molecule has 0 atom stereocenters. The Kier molecular flexibility index (Phi) is 3.60. The van der Waals surface area contributed by atoms with E-state index in [1.165, 1.54) is 5.56 Å². The topological polar surface area (TPSA) is 0 Å². The van der Waals surface area contributed by atoms with Crippen LogP contribution in [0.5, 0.6) is 0 Å². The maximum atomic E-state index is 5.85. The molecule has 0 aliphatic heterocycles. The van der Waals surface area contributed by atoms with E-state index in [0.29, 0.717) is 11.3 Å². The predicted molar refractivity (Wildman–Crippen MR) is 63.8 cm³/mol. The van der Waals surface area contributed by atoms with Crippen LogP contribution in [0.25, 0.3) is 0 Å². The number of hydrogen-bond donors (Lipinski definition) is 0. The van der Waals surface area contributed by atoms with Crippen molar-refractivity contribution in [2.75, 3.05) is 0 Å². The van der Waals surface area contributed by atoms with E-state index in [2.05, 4.69) is 39.8 Å². The van der Waals surface area contributed by atoms with Crippen LogP contribution >= 0.6 is 11.6 Å². The normalized spacial score (nSPS) is 12.1. The van der Waals surface area contributed by atoms with E-state index in [0.717, 1.165) is 11.4 Å². The minimum Gasteiger partial charge on any atom is -0.0843 e. The van der Waals surface area contributed by atoms with Crippen LogP contribution < -0.4 is 0 Å². The van der Waals surface area contributed by atoms with Gasteiger partial charge in [-0.3, -0.25) is 0 Å². The van der Waals surface area contributed by atoms with Crippen LogP contribution in [0.2, 0.25) is 5.02 Å². The Balaban J connectivity index is 2.74. The van der Waals surface area contributed by atoms with Gasteiger partial charge in [0.1, 0.15) is 0 Å². The predicted octanol–water partition coefficient (Wildman–Crippen LogP) is 4.56. The van der Waals surface area contributed by atoms with Gasteiger partial charge in [0.15, 0.2) is 0 Å². The molecule has 1 aromatic rings. The van der Waals surface area contributed by atoms with Gasteiger partial charge in [0, 0.05) is 5.02 Å². The molecule has 0 bridgehead atoms. The van der Waals surface area contributed by atoms with Crippen molar-refractivity contribution >= 4 is 11.6 Å². The van der Waals surface area contributed by atoms with Crippen molar-refractivity contribution in [3.05, 3.63) is 34.9 Å². The Labute approximate surface area is 92.3 Å². The largest absolute Gasteiger partial charge is 0.0843 e. The fourth-order valence-electron chi connectivity index (χ4n) is 1.33. The van der Waals surface area contributed by atoms with Gasteiger partial charge in [-0.05, 0) is 35.4 Å². The Morgan fingerprint density at radius 2 is 1.64 bits per heavy atom. The highest BCUT2D eigenvalue weighted by molar-refractivity contribution is 6.30. The minimum absolute atomic E-state index is 0.355. The Bertz CT molecular complexity index is 283. The van der Waals surface area contributed by atoms with Crippen LogP contribution in [-0.2, 0) is 6.42 Å². The molecule has 0 aliphatic carbocycles. The molecule has 0 saturated heterocycles. The number of halogens is 1. The van der Waals surface area contributed by atoms with Gasteiger partial charge in [0.05, 0.1) is 0 Å². The highest BCUT2D eigenvalue weighted by Crippen LogP contribution is 2.30. The molecule has 1 aromatic carbocycles. The van der Waals surface area contributed by atoms with Gasteiger partial charge in [-0.25, -0.2) is 0 Å². The van der Waals surface area contributed by atoms with Gasteiger partial charge in [-0.2, -0.15) is 0 Å². The lowest BCUT2D eigenvalue weighted by Crippen LogP contribution is -2.21. The summed E-state index contributed by atoms with van der Waals surface area (Å²) >= 11 is 5.85. The van der Waals surface area contributed by atoms with Crippen LogP contribution in [0.3, 0.4) is 0 Å². The Morgan fingerprint density at radius 3 is 2.07 bits per heavy atom. The number of hydrogen-bond acceptors (Lipinski definition) is 0. The molecule has 0 aliphatic rings. The van der Waals surface area contributed by atoms with Gasteiger partial charge < -0.3 is 0 Å². The van der Waals surface area contributed by atoms with Crippen LogP contribution in [0.1, 0.15) is 33.3 Å². The second-order valence-electron chi connectivity index (χ2n) is 4.95. The molecule has 0 radical (unpaired) electrons. The zero-order chi connectivity index (χ0) is 10.8. The van der Waals surface area contributed by atoms with E-state index < -0.39 is 0 Å². The first kappa shape index (κ1) is 11.6. The van der Waals surface area contributed by atoms with Crippen molar-refractivity contribution in [2.24, 2.45) is 11.3 Å². The van der Waals surface area contributed by atoms with E-state index in [9.17, 15) is 0 Å². The molecule has 0 N–H and O–H groups in total. The fourth-order valence-corrected chi connectivity index (χ4v) is 1.46. The zero-order valence-electron chi connectivity index (χ0n) is 9.47. The molecule has 0 nitrogen and oxygen atoms in total. The van der Waals surface area contributed by atoms with Crippen molar-refractivity contribution in [1.29, 1.82) is 0 Å². The van der Waals surface area contributed by atoms with E-state index in [-0.39, 0.29) is 0 Å². The molecule has 1 heteroatoms. The summed E-state index contributed by atoms with van der Waals surface area (Å²) in [6.45, 7) is 9.17. The lowest BCUT2D eigenvalue weighted by Gasteiger charge is -2.29. The van der Waals surface area contributed by atoms with E-state index in [4.69, 9.17) is 11.6 Å². The van der Waals surface area contributed by atoms with Gasteiger partial charge in [0.2, 0.25) is 0 Å². The summed E-state index contributed by atoms with van der Waals surface area (Å²) in [6.07, 6.45) is 1.11. The molecular formula is C13H19Cl. The van der Waals surface area contributed by atoms with Crippen molar-refractivity contribution in [1.82, 2.24) is 0 Å². The first-order valence-electron chi connectivity index (χ1n) is 5.16. The third-order valence-electron chi connectivity index (χ3n) is 3.14. The lowest BCUT2D eigenvalue weighted by molar-refractivity contribution is 0.248. The third kappa shape index (κ3) is 3.02. The van der Waals surface area contributed by atoms with Crippen molar-refractivity contribution in [2.45, 2.75) is 34.1 Å². The molecule has 0 heterocycles. The van der Waals surface area contributed by atoms with E-state index in [1.807, 2.05) is 12.1 Å². The molecule has 14 heavy (non-hydrogen) atoms. The number of benzene rings is 1. The summed E-state index contributed by atoms with van der Waals surface area (Å²) < 4.78 is 0. The molecule has 0 spiro atoms. The molecule has 0 unspecified atom stereocenters. The monoisotopic (exact) mass is 210 g/mol. The second kappa shape index (κ2) is 4.35. The van der Waals surface area contributed by atoms with Crippen LogP contribution in [0, 0.1) is 11.3 Å². The fraction of sp³-hybridized carbons (Fsp3) is 0.538. The van der Waals surface area contributed by atoms with Crippen molar-refractivity contribution < 1.29 is 0 Å². The molecular weight excluding hydrogens is 192 g/mol. The van der Waals surface area contributed by atoms with Crippen LogP contribution in [-0.4, -0.2) is 0 Å². The van der Waals surface area contributed by atoms with Gasteiger partial charge in [0.25, 0.3) is 0 Å². The SMILES string of the molecule is CC(C)C(C)(C)Cc1ccc(Cl)cc1. The molecule has 0 saturated carbocycles. The van der Waals surface area contributed by atoms with Gasteiger partial charge in [-0.15, -0.1) is 0 Å². The zero-order valence-corrected chi connectivity index (χ0v) is 10.2. The summed E-state index contributed by atoms with van der Waals surface area (Å²) in [7, 11) is 0. The van der Waals surface area contributed by atoms with Crippen LogP contribution in [0.4, 0.5) is 0 Å². The Morgan fingerprint density at radius 1 is 1.14 bits per heavy atom. The molecule has 0 fully saturated rings. The first-order valence-corrected chi connectivity index (χ1v) is 5.54. The van der Waals surface area contributed by atoms with E-state index in [1.54, 1.807) is 0 Å². The summed E-state index contributed by atoms with van der Waals surface area (Å²) in [6, 6.07) is 8.17. The first-order chi connectivity index (χ1) is 6.42. The maximum absolute atomic E-state index is 5.85. The second-order valence-corrected chi connectivity index (χ2v) is 5.38. The van der Waals surface area contributed by atoms with Crippen molar-refractivity contribution in [3.63, 3.8) is 0 Å². The maximum Gasteiger partial charge on any atom is 0.0406 e. The van der Waals surface area contributed by atoms with Crippen LogP contribution in [0.15, 0.2) is 24.3 Å². The smallest absolute Gasteiger partial charge is 0.0406 e. The van der Waals surface area contributed by atoms with Gasteiger partial charge in [-0.1, -0.05) is 51.4 Å². The van der Waals surface area contributed by atoms with Crippen molar-refractivity contribution in [3.8, 4) is 0 Å². The Hall–Kier alpha value is -0.490. The lowest BCUT2D eigenvalue weighted by atomic mass is 9.76. The average Bonchev–Trinajstić information content (AvgIpc) is 2.08. The summed E-state index contributed by atoms with van der Waals surface area (Å²) in [4.78, 5) is 0. The quantitative estimate of drug-likeness (QED) is 0.686. The average molecular weight is 211 g/mol. The highest BCUT2D eigenvalue weighted by Gasteiger charge is 2.22. The molecule has 78 valence electrons. The molecule has 0 amide bonds. The molecule has 0 aromatic heterocycles. The van der Waals surface area contributed by atoms with Gasteiger partial charge >= 0.3 is 0 Å². The standard InChI is InChI=1S/C13H19Cl/c1-10(2)13(3,4)9-11-5-7-12(14)8-6-11/h5-8,10H,9H2,1-4H3. The third-order valence-corrected chi connectivity index (χ3v) is 3.39. The minimum atomic E-state index is 0.355. The molecule has 1 rings (SSSR count). The summed E-state index contributed by atoms with van der Waals surface area (Å²) in [5.74, 6) is 0.693. The number of rotatable bonds is 3. The summed E-state index contributed by atoms with van der Waals surface area (Å²) in [5, 5.41) is 0.816. The van der Waals surface area contributed by atoms with E-state index >= 15 is 0 Å². The summed E-state index contributed by atoms with van der Waals surface area (Å²) in [5.41, 5.74) is 1.72.